The highest BCUT2D eigenvalue weighted by atomic mass is 32.2. The summed E-state index contributed by atoms with van der Waals surface area (Å²) in [5, 5.41) is 2.70. The van der Waals surface area contributed by atoms with Gasteiger partial charge in [0.1, 0.15) is 5.75 Å². The summed E-state index contributed by atoms with van der Waals surface area (Å²) in [6.07, 6.45) is 0.824. The molecule has 2 aromatic carbocycles. The number of fused-ring (bicyclic) bond motifs is 1. The van der Waals surface area contributed by atoms with E-state index in [9.17, 15) is 13.2 Å². The van der Waals surface area contributed by atoms with E-state index < -0.39 is 10.0 Å². The molecule has 0 saturated carbocycles. The molecule has 0 saturated heterocycles. The molecule has 7 nitrogen and oxygen atoms in total. The van der Waals surface area contributed by atoms with Gasteiger partial charge >= 0.3 is 0 Å². The molecular weight excluding hydrogens is 414 g/mol. The van der Waals surface area contributed by atoms with Crippen LogP contribution in [-0.4, -0.2) is 51.4 Å². The lowest BCUT2D eigenvalue weighted by molar-refractivity contribution is -0.122. The smallest absolute Gasteiger partial charge is 0.257 e. The summed E-state index contributed by atoms with van der Waals surface area (Å²) in [5.41, 5.74) is 3.27. The minimum Gasteiger partial charge on any atom is -0.484 e. The topological polar surface area (TPSA) is 79.0 Å². The maximum Gasteiger partial charge on any atom is 0.257 e. The number of amides is 1. The zero-order chi connectivity index (χ0) is 22.4. The van der Waals surface area contributed by atoms with E-state index in [-0.39, 0.29) is 12.5 Å². The van der Waals surface area contributed by atoms with E-state index >= 15 is 0 Å². The van der Waals surface area contributed by atoms with Gasteiger partial charge in [0, 0.05) is 38.4 Å². The highest BCUT2D eigenvalue weighted by Crippen LogP contribution is 2.32. The second-order valence-corrected chi connectivity index (χ2v) is 9.38. The van der Waals surface area contributed by atoms with Gasteiger partial charge in [0.05, 0.1) is 4.90 Å². The van der Waals surface area contributed by atoms with Crippen LogP contribution in [0.5, 0.6) is 5.75 Å². The van der Waals surface area contributed by atoms with Crippen LogP contribution in [0.1, 0.15) is 31.9 Å². The molecule has 0 spiro atoms. The Morgan fingerprint density at radius 1 is 1.10 bits per heavy atom. The molecule has 1 aliphatic heterocycles. The van der Waals surface area contributed by atoms with Gasteiger partial charge in [-0.25, -0.2) is 8.42 Å². The zero-order valence-corrected chi connectivity index (χ0v) is 19.2. The van der Waals surface area contributed by atoms with Crippen molar-refractivity contribution in [2.75, 3.05) is 37.7 Å². The molecule has 2 aromatic rings. The Morgan fingerprint density at radius 3 is 2.45 bits per heavy atom. The van der Waals surface area contributed by atoms with Crippen molar-refractivity contribution in [3.05, 3.63) is 53.6 Å². The Bertz CT molecular complexity index is 1000. The van der Waals surface area contributed by atoms with Gasteiger partial charge in [0.25, 0.3) is 5.91 Å². The van der Waals surface area contributed by atoms with Gasteiger partial charge in [0.15, 0.2) is 6.61 Å². The van der Waals surface area contributed by atoms with E-state index in [0.717, 1.165) is 36.3 Å². The third kappa shape index (κ3) is 5.37. The average Bonchev–Trinajstić information content (AvgIpc) is 3.16. The van der Waals surface area contributed by atoms with Crippen molar-refractivity contribution in [1.29, 1.82) is 0 Å². The predicted molar refractivity (Wildman–Crippen MR) is 122 cm³/mol. The van der Waals surface area contributed by atoms with Crippen LogP contribution in [-0.2, 0) is 27.8 Å². The van der Waals surface area contributed by atoms with Crippen molar-refractivity contribution in [3.8, 4) is 5.75 Å². The van der Waals surface area contributed by atoms with E-state index in [0.29, 0.717) is 30.3 Å². The molecule has 0 aliphatic carbocycles. The molecule has 3 rings (SSSR count). The molecule has 31 heavy (non-hydrogen) atoms. The molecule has 0 fully saturated rings. The lowest BCUT2D eigenvalue weighted by Crippen LogP contribution is -2.30. The van der Waals surface area contributed by atoms with Gasteiger partial charge in [0.2, 0.25) is 10.0 Å². The van der Waals surface area contributed by atoms with Crippen molar-refractivity contribution in [2.45, 2.75) is 38.6 Å². The number of rotatable bonds is 10. The molecule has 0 bridgehead atoms. The number of nitrogens with zero attached hydrogens (tertiary/aromatic N) is 2. The summed E-state index contributed by atoms with van der Waals surface area (Å²) < 4.78 is 32.6. The van der Waals surface area contributed by atoms with E-state index in [1.54, 1.807) is 6.07 Å². The first-order valence-corrected chi connectivity index (χ1v) is 12.2. The first-order chi connectivity index (χ1) is 14.9. The zero-order valence-electron chi connectivity index (χ0n) is 18.4. The monoisotopic (exact) mass is 445 g/mol. The van der Waals surface area contributed by atoms with Crippen LogP contribution in [0.3, 0.4) is 0 Å². The molecule has 168 valence electrons. The summed E-state index contributed by atoms with van der Waals surface area (Å²) in [4.78, 5) is 14.1. The Balaban J connectivity index is 1.66. The average molecular weight is 446 g/mol. The van der Waals surface area contributed by atoms with Gasteiger partial charge in [-0.1, -0.05) is 26.0 Å². The number of hydrogen-bond donors (Lipinski definition) is 1. The molecule has 0 aromatic heterocycles. The standard InChI is InChI=1S/C23H31N3O4S/c1-4-24-23(27)17-30-20-9-7-18(8-10-20)16-25-14-13-19-15-21(11-12-22(19)25)31(28,29)26(5-2)6-3/h7-12,15H,4-6,13-14,16-17H2,1-3H3,(H,24,27). The minimum atomic E-state index is -3.45. The van der Waals surface area contributed by atoms with Crippen molar-refractivity contribution < 1.29 is 17.9 Å². The number of carbonyl (C=O) groups excluding carboxylic acids is 1. The molecule has 0 unspecified atom stereocenters. The first kappa shape index (κ1) is 23.1. The van der Waals surface area contributed by atoms with Gasteiger partial charge in [-0.3, -0.25) is 4.79 Å². The SMILES string of the molecule is CCNC(=O)COc1ccc(CN2CCc3cc(S(=O)(=O)N(CC)CC)ccc32)cc1. The van der Waals surface area contributed by atoms with Gasteiger partial charge in [-0.15, -0.1) is 0 Å². The number of sulfonamides is 1. The van der Waals surface area contributed by atoms with Crippen LogP contribution in [0.2, 0.25) is 0 Å². The van der Waals surface area contributed by atoms with Crippen LogP contribution in [0.4, 0.5) is 5.69 Å². The molecule has 1 heterocycles. The number of carbonyl (C=O) groups is 1. The normalized spacial score (nSPS) is 13.4. The number of ether oxygens (including phenoxy) is 1. The summed E-state index contributed by atoms with van der Waals surface area (Å²) in [5.74, 6) is 0.519. The number of benzene rings is 2. The predicted octanol–water partition coefficient (Wildman–Crippen LogP) is 2.79. The van der Waals surface area contributed by atoms with Crippen LogP contribution >= 0.6 is 0 Å². The Hall–Kier alpha value is -2.58. The molecule has 0 atom stereocenters. The van der Waals surface area contributed by atoms with Crippen LogP contribution in [0.25, 0.3) is 0 Å². The highest BCUT2D eigenvalue weighted by molar-refractivity contribution is 7.89. The van der Waals surface area contributed by atoms with E-state index in [1.165, 1.54) is 4.31 Å². The Kier molecular flexibility index (Phi) is 7.56. The summed E-state index contributed by atoms with van der Waals surface area (Å²) >= 11 is 0. The second kappa shape index (κ2) is 10.2. The van der Waals surface area contributed by atoms with Gasteiger partial charge < -0.3 is 15.0 Å². The summed E-state index contributed by atoms with van der Waals surface area (Å²) in [6, 6.07) is 13.2. The Labute approximate surface area is 185 Å². The van der Waals surface area contributed by atoms with E-state index in [1.807, 2.05) is 57.2 Å². The quantitative estimate of drug-likeness (QED) is 0.608. The fourth-order valence-corrected chi connectivity index (χ4v) is 5.30. The van der Waals surface area contributed by atoms with Crippen LogP contribution in [0, 0.1) is 0 Å². The Morgan fingerprint density at radius 2 is 1.81 bits per heavy atom. The molecule has 1 N–H and O–H groups in total. The van der Waals surface area contributed by atoms with Crippen molar-refractivity contribution in [1.82, 2.24) is 9.62 Å². The van der Waals surface area contributed by atoms with Gasteiger partial charge in [-0.2, -0.15) is 4.31 Å². The third-order valence-corrected chi connectivity index (χ3v) is 7.47. The third-order valence-electron chi connectivity index (χ3n) is 5.43. The number of nitrogens with one attached hydrogen (secondary N) is 1. The lowest BCUT2D eigenvalue weighted by Gasteiger charge is -2.21. The number of likely N-dealkylation sites (N-methyl/N-ethyl adjacent to an activating group) is 1. The maximum atomic E-state index is 12.8. The summed E-state index contributed by atoms with van der Waals surface area (Å²) in [6.45, 7) is 8.67. The fraction of sp³-hybridized carbons (Fsp3) is 0.435. The fourth-order valence-electron chi connectivity index (χ4n) is 3.79. The van der Waals surface area contributed by atoms with Crippen molar-refractivity contribution >= 4 is 21.6 Å². The molecule has 1 amide bonds. The first-order valence-electron chi connectivity index (χ1n) is 10.8. The van der Waals surface area contributed by atoms with E-state index in [2.05, 4.69) is 10.2 Å². The van der Waals surface area contributed by atoms with Crippen LogP contribution in [0.15, 0.2) is 47.4 Å². The molecule has 8 heteroatoms. The maximum absolute atomic E-state index is 12.8. The highest BCUT2D eigenvalue weighted by Gasteiger charge is 2.25. The molecule has 1 aliphatic rings. The summed E-state index contributed by atoms with van der Waals surface area (Å²) in [7, 11) is -3.45. The van der Waals surface area contributed by atoms with E-state index in [4.69, 9.17) is 4.74 Å². The van der Waals surface area contributed by atoms with Crippen molar-refractivity contribution in [2.24, 2.45) is 0 Å². The minimum absolute atomic E-state index is 0.00538. The number of anilines is 1. The molecular formula is C23H31N3O4S. The largest absolute Gasteiger partial charge is 0.484 e. The second-order valence-electron chi connectivity index (χ2n) is 7.44. The van der Waals surface area contributed by atoms with Crippen molar-refractivity contribution in [3.63, 3.8) is 0 Å². The molecule has 0 radical (unpaired) electrons. The van der Waals surface area contributed by atoms with Gasteiger partial charge in [-0.05, 0) is 54.8 Å². The van der Waals surface area contributed by atoms with Crippen LogP contribution < -0.4 is 15.0 Å². The number of hydrogen-bond acceptors (Lipinski definition) is 5. The lowest BCUT2D eigenvalue weighted by atomic mass is 10.1.